The lowest BCUT2D eigenvalue weighted by atomic mass is 10.2. The Bertz CT molecular complexity index is 833. The second kappa shape index (κ2) is 5.20. The number of aromatic nitrogens is 2. The van der Waals surface area contributed by atoms with Gasteiger partial charge in [0.1, 0.15) is 21.8 Å². The van der Waals surface area contributed by atoms with Crippen LogP contribution in [0.5, 0.6) is 0 Å². The fourth-order valence-electron chi connectivity index (χ4n) is 2.09. The number of pyridine rings is 1. The molecule has 0 amide bonds. The first-order valence-corrected chi connectivity index (χ1v) is 7.19. The number of fused-ring (bicyclic) bond motifs is 1. The van der Waals surface area contributed by atoms with E-state index in [1.54, 1.807) is 0 Å². The highest BCUT2D eigenvalue weighted by atomic mass is 35.5. The lowest BCUT2D eigenvalue weighted by Gasteiger charge is -2.01. The van der Waals surface area contributed by atoms with E-state index in [0.717, 1.165) is 39.3 Å². The Balaban J connectivity index is 2.30. The van der Waals surface area contributed by atoms with Gasteiger partial charge in [0.05, 0.1) is 0 Å². The van der Waals surface area contributed by atoms with E-state index in [1.807, 2.05) is 53.9 Å². The van der Waals surface area contributed by atoms with Crippen LogP contribution in [0.2, 0.25) is 5.02 Å². The predicted molar refractivity (Wildman–Crippen MR) is 81.8 cm³/mol. The standard InChI is InChI=1S/C15H10ClN3S/c1-10-5-6-13-18-14(11-3-2-4-12(16)7-11)15(20-9-17)19(13)8-10/h2-8H,1H3. The Kier molecular flexibility index (Phi) is 3.39. The van der Waals surface area contributed by atoms with E-state index in [-0.39, 0.29) is 0 Å². The van der Waals surface area contributed by atoms with Gasteiger partial charge in [-0.1, -0.05) is 29.8 Å². The highest BCUT2D eigenvalue weighted by Crippen LogP contribution is 2.32. The minimum absolute atomic E-state index is 0.656. The van der Waals surface area contributed by atoms with Crippen molar-refractivity contribution >= 4 is 29.0 Å². The van der Waals surface area contributed by atoms with Crippen molar-refractivity contribution in [3.8, 4) is 16.7 Å². The summed E-state index contributed by atoms with van der Waals surface area (Å²) in [6.07, 6.45) is 1.98. The van der Waals surface area contributed by atoms with Gasteiger partial charge in [-0.15, -0.1) is 0 Å². The fourth-order valence-corrected chi connectivity index (χ4v) is 2.88. The largest absolute Gasteiger partial charge is 0.293 e. The van der Waals surface area contributed by atoms with E-state index in [4.69, 9.17) is 16.9 Å². The number of benzene rings is 1. The summed E-state index contributed by atoms with van der Waals surface area (Å²) in [5.74, 6) is 0. The lowest BCUT2D eigenvalue weighted by Crippen LogP contribution is -1.87. The van der Waals surface area contributed by atoms with Crippen LogP contribution in [0.15, 0.2) is 47.6 Å². The maximum absolute atomic E-state index is 9.04. The number of hydrogen-bond donors (Lipinski definition) is 0. The summed E-state index contributed by atoms with van der Waals surface area (Å²) >= 11 is 7.15. The molecule has 0 saturated carbocycles. The third-order valence-corrected chi connectivity index (χ3v) is 3.87. The van der Waals surface area contributed by atoms with Gasteiger partial charge in [0.25, 0.3) is 0 Å². The van der Waals surface area contributed by atoms with Crippen LogP contribution in [0, 0.1) is 17.6 Å². The molecule has 0 aliphatic heterocycles. The number of rotatable bonds is 2. The molecule has 3 nitrogen and oxygen atoms in total. The molecule has 0 saturated heterocycles. The number of aryl methyl sites for hydroxylation is 1. The molecule has 5 heteroatoms. The molecule has 0 unspecified atom stereocenters. The summed E-state index contributed by atoms with van der Waals surface area (Å²) in [4.78, 5) is 4.62. The minimum atomic E-state index is 0.656. The number of hydrogen-bond acceptors (Lipinski definition) is 3. The topological polar surface area (TPSA) is 41.1 Å². The molecule has 0 radical (unpaired) electrons. The van der Waals surface area contributed by atoms with Gasteiger partial charge >= 0.3 is 0 Å². The van der Waals surface area contributed by atoms with E-state index in [1.165, 1.54) is 0 Å². The molecule has 3 aromatic rings. The average molecular weight is 300 g/mol. The van der Waals surface area contributed by atoms with E-state index >= 15 is 0 Å². The van der Waals surface area contributed by atoms with Gasteiger partial charge in [-0.25, -0.2) is 4.98 Å². The SMILES string of the molecule is Cc1ccc2nc(-c3cccc(Cl)c3)c(SC#N)n2c1. The molecular weight excluding hydrogens is 290 g/mol. The van der Waals surface area contributed by atoms with Gasteiger partial charge in [0, 0.05) is 28.5 Å². The molecule has 0 N–H and O–H groups in total. The highest BCUT2D eigenvalue weighted by Gasteiger charge is 2.15. The van der Waals surface area contributed by atoms with Crippen LogP contribution in [-0.4, -0.2) is 9.38 Å². The molecule has 3 rings (SSSR count). The highest BCUT2D eigenvalue weighted by molar-refractivity contribution is 8.03. The van der Waals surface area contributed by atoms with Gasteiger partial charge in [0.2, 0.25) is 0 Å². The van der Waals surface area contributed by atoms with E-state index < -0.39 is 0 Å². The predicted octanol–water partition coefficient (Wildman–Crippen LogP) is 4.54. The summed E-state index contributed by atoms with van der Waals surface area (Å²) in [6, 6.07) is 11.5. The van der Waals surface area contributed by atoms with Crippen molar-refractivity contribution in [2.75, 3.05) is 0 Å². The van der Waals surface area contributed by atoms with Crippen molar-refractivity contribution in [1.82, 2.24) is 9.38 Å². The van der Waals surface area contributed by atoms with Crippen molar-refractivity contribution in [2.45, 2.75) is 11.9 Å². The monoisotopic (exact) mass is 299 g/mol. The van der Waals surface area contributed by atoms with Gasteiger partial charge in [0.15, 0.2) is 0 Å². The smallest absolute Gasteiger partial charge is 0.140 e. The summed E-state index contributed by atoms with van der Waals surface area (Å²) in [5.41, 5.74) is 3.64. The molecule has 0 spiro atoms. The van der Waals surface area contributed by atoms with Crippen molar-refractivity contribution in [1.29, 1.82) is 5.26 Å². The summed E-state index contributed by atoms with van der Waals surface area (Å²) in [7, 11) is 0. The first kappa shape index (κ1) is 13.0. The number of thiocyanates is 1. The maximum atomic E-state index is 9.04. The molecule has 0 bridgehead atoms. The zero-order valence-electron chi connectivity index (χ0n) is 10.7. The quantitative estimate of drug-likeness (QED) is 0.515. The van der Waals surface area contributed by atoms with Gasteiger partial charge in [-0.05, 0) is 30.7 Å². The Hall–Kier alpha value is -1.96. The third-order valence-electron chi connectivity index (χ3n) is 2.96. The van der Waals surface area contributed by atoms with Crippen LogP contribution in [0.1, 0.15) is 5.56 Å². The molecule has 0 aliphatic rings. The van der Waals surface area contributed by atoms with Gasteiger partial charge in [-0.2, -0.15) is 5.26 Å². The molecule has 0 aliphatic carbocycles. The third kappa shape index (κ3) is 2.26. The lowest BCUT2D eigenvalue weighted by molar-refractivity contribution is 1.04. The minimum Gasteiger partial charge on any atom is -0.293 e. The first-order valence-electron chi connectivity index (χ1n) is 5.99. The fraction of sp³-hybridized carbons (Fsp3) is 0.0667. The van der Waals surface area contributed by atoms with Crippen LogP contribution in [0.4, 0.5) is 0 Å². The van der Waals surface area contributed by atoms with Gasteiger partial charge < -0.3 is 0 Å². The number of nitrogens with zero attached hydrogens (tertiary/aromatic N) is 3. The van der Waals surface area contributed by atoms with Crippen molar-refractivity contribution in [3.05, 3.63) is 53.2 Å². The maximum Gasteiger partial charge on any atom is 0.140 e. The molecule has 0 fully saturated rings. The zero-order valence-corrected chi connectivity index (χ0v) is 12.2. The molecule has 20 heavy (non-hydrogen) atoms. The Labute approximate surface area is 125 Å². The Morgan fingerprint density at radius 3 is 2.90 bits per heavy atom. The normalized spacial score (nSPS) is 10.7. The van der Waals surface area contributed by atoms with Crippen LogP contribution in [0.3, 0.4) is 0 Å². The molecule has 2 heterocycles. The average Bonchev–Trinajstić information content (AvgIpc) is 2.78. The summed E-state index contributed by atoms with van der Waals surface area (Å²) in [6.45, 7) is 2.01. The van der Waals surface area contributed by atoms with E-state index in [0.29, 0.717) is 5.02 Å². The van der Waals surface area contributed by atoms with E-state index in [2.05, 4.69) is 10.4 Å². The number of imidazole rings is 1. The Morgan fingerprint density at radius 2 is 2.15 bits per heavy atom. The number of halogens is 1. The molecule has 98 valence electrons. The van der Waals surface area contributed by atoms with Crippen molar-refractivity contribution in [2.24, 2.45) is 0 Å². The second-order valence-electron chi connectivity index (χ2n) is 4.40. The number of thioether (sulfide) groups is 1. The second-order valence-corrected chi connectivity index (χ2v) is 5.61. The summed E-state index contributed by atoms with van der Waals surface area (Å²) < 4.78 is 1.94. The van der Waals surface area contributed by atoms with Crippen LogP contribution in [-0.2, 0) is 0 Å². The molecule has 2 aromatic heterocycles. The van der Waals surface area contributed by atoms with Gasteiger partial charge in [-0.3, -0.25) is 4.40 Å². The molecule has 0 atom stereocenters. The van der Waals surface area contributed by atoms with Crippen molar-refractivity contribution in [3.63, 3.8) is 0 Å². The molecular formula is C15H10ClN3S. The Morgan fingerprint density at radius 1 is 1.30 bits per heavy atom. The van der Waals surface area contributed by atoms with E-state index in [9.17, 15) is 0 Å². The molecule has 1 aromatic carbocycles. The first-order chi connectivity index (χ1) is 9.69. The summed E-state index contributed by atoms with van der Waals surface area (Å²) in [5, 5.41) is 12.6. The van der Waals surface area contributed by atoms with Crippen molar-refractivity contribution < 1.29 is 0 Å². The van der Waals surface area contributed by atoms with Crippen LogP contribution < -0.4 is 0 Å². The zero-order chi connectivity index (χ0) is 14.1. The van der Waals surface area contributed by atoms with Crippen LogP contribution >= 0.6 is 23.4 Å². The van der Waals surface area contributed by atoms with Crippen LogP contribution in [0.25, 0.3) is 16.9 Å². The number of nitriles is 1.